The number of hydrogen-bond donors (Lipinski definition) is 0. The van der Waals surface area contributed by atoms with Crippen LogP contribution in [0.15, 0.2) is 140 Å². The molecule has 2 aliphatic carbocycles. The predicted octanol–water partition coefficient (Wildman–Crippen LogP) is 12.3. The van der Waals surface area contributed by atoms with E-state index in [1.54, 1.807) is 0 Å². The van der Waals surface area contributed by atoms with Crippen LogP contribution in [0.5, 0.6) is 0 Å². The molecule has 2 aliphatic rings. The molecule has 49 heavy (non-hydrogen) atoms. The van der Waals surface area contributed by atoms with E-state index in [0.29, 0.717) is 0 Å². The summed E-state index contributed by atoms with van der Waals surface area (Å²) in [6.45, 7) is 4.91. The zero-order chi connectivity index (χ0) is 32.4. The first-order valence-electron chi connectivity index (χ1n) is 17.5. The maximum atomic E-state index is 2.63. The topological polar surface area (TPSA) is 9.86 Å². The maximum Gasteiger partial charge on any atom is 0.0619 e. The van der Waals surface area contributed by atoms with Gasteiger partial charge in [-0.25, -0.2) is 0 Å². The van der Waals surface area contributed by atoms with E-state index >= 15 is 0 Å². The second-order valence-electron chi connectivity index (χ2n) is 14.4. The lowest BCUT2D eigenvalue weighted by atomic mass is 9.78. The van der Waals surface area contributed by atoms with Crippen LogP contribution in [0.4, 0.5) is 0 Å². The molecule has 0 amide bonds. The van der Waals surface area contributed by atoms with Crippen molar-refractivity contribution in [2.24, 2.45) is 0 Å². The monoisotopic (exact) mass is 626 g/mol. The second-order valence-corrected chi connectivity index (χ2v) is 14.4. The van der Waals surface area contributed by atoms with Crippen molar-refractivity contribution in [3.63, 3.8) is 0 Å². The normalized spacial score (nSPS) is 14.9. The minimum atomic E-state index is -0.181. The lowest BCUT2D eigenvalue weighted by Gasteiger charge is -2.25. The molecule has 11 rings (SSSR count). The van der Waals surface area contributed by atoms with E-state index in [9.17, 15) is 0 Å². The Morgan fingerprint density at radius 2 is 1.14 bits per heavy atom. The molecule has 0 bridgehead atoms. The molecule has 2 heterocycles. The first-order chi connectivity index (χ1) is 24.1. The van der Waals surface area contributed by atoms with Crippen molar-refractivity contribution >= 4 is 66.0 Å². The van der Waals surface area contributed by atoms with E-state index in [1.165, 1.54) is 99.1 Å². The van der Waals surface area contributed by atoms with Crippen LogP contribution in [0, 0.1) is 0 Å². The maximum absolute atomic E-state index is 2.63. The Bertz CT molecular complexity index is 2890. The average Bonchev–Trinajstić information content (AvgIpc) is 3.75. The quantitative estimate of drug-likeness (QED) is 0.181. The summed E-state index contributed by atoms with van der Waals surface area (Å²) >= 11 is 0. The summed E-state index contributed by atoms with van der Waals surface area (Å²) in [7, 11) is 0. The predicted molar refractivity (Wildman–Crippen MR) is 208 cm³/mol. The number of aromatic nitrogens is 2. The summed E-state index contributed by atoms with van der Waals surface area (Å²) in [5.74, 6) is 0. The molecule has 0 atom stereocenters. The minimum Gasteiger partial charge on any atom is -0.313 e. The van der Waals surface area contributed by atoms with Crippen molar-refractivity contribution < 1.29 is 0 Å². The summed E-state index contributed by atoms with van der Waals surface area (Å²) in [5.41, 5.74) is 14.7. The average molecular weight is 627 g/mol. The number of nitrogens with zero attached hydrogens (tertiary/aromatic N) is 2. The minimum absolute atomic E-state index is 0.181. The molecule has 0 fully saturated rings. The van der Waals surface area contributed by atoms with E-state index in [2.05, 4.69) is 169 Å². The number of benzene rings is 7. The standard InChI is InChI=1S/C47H34N2/c1-47(2)44-32-17-7-6-14-29(32)24-26-37(44)42-34-19-8-9-20-35(34)46-43(45(42)47)36-21-11-13-23-40(36)49(46)31-25-27-41-38(28-31)33-18-10-12-22-39(33)48(41)30-15-4-3-5-16-30/h3-24,26,28H,25,27H2,1-2H3. The Kier molecular flexibility index (Phi) is 5.32. The van der Waals surface area contributed by atoms with Gasteiger partial charge in [0.2, 0.25) is 0 Å². The summed E-state index contributed by atoms with van der Waals surface area (Å²) in [5, 5.41) is 9.38. The SMILES string of the molecule is CC1(C)c2c(ccc3ccccc23)-c2c1c1c3ccccc3n(C3=Cc4c(n(-c5ccccc5)c5ccccc45)CC3)c1c1ccccc21. The van der Waals surface area contributed by atoms with Gasteiger partial charge in [0.05, 0.1) is 16.6 Å². The molecule has 0 radical (unpaired) electrons. The molecule has 0 saturated carbocycles. The lowest BCUT2D eigenvalue weighted by molar-refractivity contribution is 0.673. The van der Waals surface area contributed by atoms with Crippen molar-refractivity contribution in [1.82, 2.24) is 9.13 Å². The molecular formula is C47H34N2. The molecule has 2 heteroatoms. The Balaban J connectivity index is 1.27. The van der Waals surface area contributed by atoms with E-state index in [-0.39, 0.29) is 5.41 Å². The van der Waals surface area contributed by atoms with Gasteiger partial charge in [-0.1, -0.05) is 129 Å². The summed E-state index contributed by atoms with van der Waals surface area (Å²) < 4.78 is 5.11. The van der Waals surface area contributed by atoms with Crippen LogP contribution in [-0.2, 0) is 11.8 Å². The number of allylic oxidation sites excluding steroid dienone is 1. The zero-order valence-corrected chi connectivity index (χ0v) is 27.7. The fourth-order valence-corrected chi connectivity index (χ4v) is 9.66. The van der Waals surface area contributed by atoms with Crippen LogP contribution in [0.2, 0.25) is 0 Å². The van der Waals surface area contributed by atoms with Gasteiger partial charge < -0.3 is 9.13 Å². The van der Waals surface area contributed by atoms with Gasteiger partial charge in [-0.2, -0.15) is 0 Å². The van der Waals surface area contributed by atoms with Crippen LogP contribution >= 0.6 is 0 Å². The Morgan fingerprint density at radius 3 is 1.94 bits per heavy atom. The summed E-state index contributed by atoms with van der Waals surface area (Å²) in [4.78, 5) is 0. The van der Waals surface area contributed by atoms with Crippen molar-refractivity contribution in [3.05, 3.63) is 162 Å². The molecule has 2 aromatic heterocycles. The van der Waals surface area contributed by atoms with Crippen molar-refractivity contribution in [2.45, 2.75) is 32.1 Å². The fraction of sp³-hybridized carbons (Fsp3) is 0.106. The van der Waals surface area contributed by atoms with Crippen molar-refractivity contribution in [2.75, 3.05) is 0 Å². The van der Waals surface area contributed by atoms with Crippen LogP contribution in [0.25, 0.3) is 82.8 Å². The highest BCUT2D eigenvalue weighted by Crippen LogP contribution is 2.58. The van der Waals surface area contributed by atoms with Gasteiger partial charge in [-0.15, -0.1) is 0 Å². The molecule has 0 unspecified atom stereocenters. The summed E-state index contributed by atoms with van der Waals surface area (Å²) in [6, 6.07) is 51.7. The molecule has 2 nitrogen and oxygen atoms in total. The Morgan fingerprint density at radius 1 is 0.510 bits per heavy atom. The van der Waals surface area contributed by atoms with E-state index in [0.717, 1.165) is 12.8 Å². The largest absolute Gasteiger partial charge is 0.313 e. The number of fused-ring (bicyclic) bond motifs is 15. The van der Waals surface area contributed by atoms with Gasteiger partial charge in [0, 0.05) is 49.6 Å². The first-order valence-corrected chi connectivity index (χ1v) is 17.5. The number of hydrogen-bond acceptors (Lipinski definition) is 0. The van der Waals surface area contributed by atoms with Gasteiger partial charge in [0.25, 0.3) is 0 Å². The van der Waals surface area contributed by atoms with Crippen molar-refractivity contribution in [1.29, 1.82) is 0 Å². The molecule has 0 N–H and O–H groups in total. The third-order valence-corrected chi connectivity index (χ3v) is 11.5. The van der Waals surface area contributed by atoms with Crippen LogP contribution < -0.4 is 0 Å². The fourth-order valence-electron chi connectivity index (χ4n) is 9.66. The highest BCUT2D eigenvalue weighted by atomic mass is 15.0. The highest BCUT2D eigenvalue weighted by molar-refractivity contribution is 6.27. The smallest absolute Gasteiger partial charge is 0.0619 e. The molecule has 7 aromatic carbocycles. The molecule has 0 saturated heterocycles. The first kappa shape index (κ1) is 27.1. The Labute approximate surface area is 285 Å². The van der Waals surface area contributed by atoms with Crippen molar-refractivity contribution in [3.8, 4) is 16.8 Å². The van der Waals surface area contributed by atoms with Crippen LogP contribution in [0.3, 0.4) is 0 Å². The third-order valence-electron chi connectivity index (χ3n) is 11.5. The second kappa shape index (κ2) is 9.61. The van der Waals surface area contributed by atoms with Gasteiger partial charge in [0.1, 0.15) is 0 Å². The van der Waals surface area contributed by atoms with E-state index < -0.39 is 0 Å². The molecule has 0 aliphatic heterocycles. The van der Waals surface area contributed by atoms with Gasteiger partial charge in [-0.3, -0.25) is 0 Å². The molecular weight excluding hydrogens is 593 g/mol. The Hall–Kier alpha value is -5.86. The van der Waals surface area contributed by atoms with Gasteiger partial charge >= 0.3 is 0 Å². The number of rotatable bonds is 2. The van der Waals surface area contributed by atoms with Crippen LogP contribution in [-0.4, -0.2) is 9.13 Å². The van der Waals surface area contributed by atoms with Gasteiger partial charge in [0.15, 0.2) is 0 Å². The van der Waals surface area contributed by atoms with E-state index in [4.69, 9.17) is 0 Å². The zero-order valence-electron chi connectivity index (χ0n) is 27.7. The third kappa shape index (κ3) is 3.46. The van der Waals surface area contributed by atoms with E-state index in [1.807, 2.05) is 0 Å². The molecule has 0 spiro atoms. The summed E-state index contributed by atoms with van der Waals surface area (Å²) in [6.07, 6.45) is 4.44. The molecule has 232 valence electrons. The van der Waals surface area contributed by atoms with Crippen LogP contribution in [0.1, 0.15) is 42.7 Å². The molecule has 9 aromatic rings. The number of para-hydroxylation sites is 3. The van der Waals surface area contributed by atoms with Gasteiger partial charge in [-0.05, 0) is 81.6 Å². The highest BCUT2D eigenvalue weighted by Gasteiger charge is 2.41. The lowest BCUT2D eigenvalue weighted by Crippen LogP contribution is -2.16.